The van der Waals surface area contributed by atoms with Gasteiger partial charge >= 0.3 is 5.97 Å². The zero-order chi connectivity index (χ0) is 20.6. The van der Waals surface area contributed by atoms with Crippen molar-refractivity contribution in [2.45, 2.75) is 24.4 Å². The van der Waals surface area contributed by atoms with E-state index in [0.29, 0.717) is 23.7 Å². The van der Waals surface area contributed by atoms with Crippen LogP contribution in [0.25, 0.3) is 5.65 Å². The maximum atomic E-state index is 13.9. The fourth-order valence-electron chi connectivity index (χ4n) is 2.97. The summed E-state index contributed by atoms with van der Waals surface area (Å²) in [5.74, 6) is -0.995. The van der Waals surface area contributed by atoms with Gasteiger partial charge in [0.1, 0.15) is 23.0 Å². The number of hydrogen-bond acceptors (Lipinski definition) is 8. The summed E-state index contributed by atoms with van der Waals surface area (Å²) < 4.78 is 15.2. The van der Waals surface area contributed by atoms with Crippen molar-refractivity contribution in [2.24, 2.45) is 5.73 Å². The van der Waals surface area contributed by atoms with Crippen LogP contribution >= 0.6 is 0 Å². The second-order valence-electron chi connectivity index (χ2n) is 7.13. The highest BCUT2D eigenvalue weighted by Crippen LogP contribution is 2.33. The summed E-state index contributed by atoms with van der Waals surface area (Å²) in [6.07, 6.45) is 5.64. The van der Waals surface area contributed by atoms with Crippen LogP contribution in [0.1, 0.15) is 34.8 Å². The number of aromatic nitrogens is 4. The van der Waals surface area contributed by atoms with E-state index in [-0.39, 0.29) is 23.4 Å². The van der Waals surface area contributed by atoms with E-state index in [1.54, 1.807) is 12.3 Å². The largest absolute Gasteiger partial charge is 0.477 e. The third-order valence-corrected chi connectivity index (χ3v) is 4.86. The number of halogens is 1. The minimum absolute atomic E-state index is 0.0540. The fraction of sp³-hybridized carbons (Fsp3) is 0.333. The van der Waals surface area contributed by atoms with Gasteiger partial charge < -0.3 is 26.6 Å². The van der Waals surface area contributed by atoms with Crippen LogP contribution in [-0.4, -0.2) is 54.5 Å². The minimum atomic E-state index is -1.15. The van der Waals surface area contributed by atoms with E-state index >= 15 is 0 Å². The monoisotopic (exact) mass is 401 g/mol. The van der Waals surface area contributed by atoms with Crippen LogP contribution in [0.4, 0.5) is 16.0 Å². The van der Waals surface area contributed by atoms with Crippen molar-refractivity contribution in [1.82, 2.24) is 19.6 Å². The molecular weight excluding hydrogens is 381 g/mol. The number of nitrogens with one attached hydrogen (secondary N) is 2. The molecule has 152 valence electrons. The van der Waals surface area contributed by atoms with Crippen molar-refractivity contribution in [3.8, 4) is 0 Å². The Hall–Kier alpha value is -3.31. The number of nitrogens with two attached hydrogens (primary N) is 1. The van der Waals surface area contributed by atoms with Gasteiger partial charge in [-0.3, -0.25) is 0 Å². The highest BCUT2D eigenvalue weighted by atomic mass is 19.1. The molecule has 1 unspecified atom stereocenters. The predicted octanol–water partition coefficient (Wildman–Crippen LogP) is 1.01. The molecule has 3 aromatic heterocycles. The Labute approximate surface area is 164 Å². The number of carboxylic acid groups (broad SMARTS) is 1. The van der Waals surface area contributed by atoms with Crippen LogP contribution in [0, 0.1) is 5.82 Å². The smallest absolute Gasteiger partial charge is 0.341 e. The maximum Gasteiger partial charge on any atom is 0.341 e. The average Bonchev–Trinajstić information content (AvgIpc) is 3.28. The molecule has 29 heavy (non-hydrogen) atoms. The molecule has 0 bridgehead atoms. The van der Waals surface area contributed by atoms with Crippen molar-refractivity contribution < 1.29 is 19.4 Å². The molecule has 3 aromatic rings. The maximum absolute atomic E-state index is 13.9. The van der Waals surface area contributed by atoms with E-state index in [9.17, 15) is 19.4 Å². The van der Waals surface area contributed by atoms with Crippen LogP contribution in [0.15, 0.2) is 30.7 Å². The van der Waals surface area contributed by atoms with Gasteiger partial charge in [0.2, 0.25) is 0 Å². The summed E-state index contributed by atoms with van der Waals surface area (Å²) in [5.41, 5.74) is 6.31. The van der Waals surface area contributed by atoms with Gasteiger partial charge in [0.05, 0.1) is 25.0 Å². The van der Waals surface area contributed by atoms with Crippen molar-refractivity contribution in [1.29, 1.82) is 0 Å². The zero-order valence-corrected chi connectivity index (χ0v) is 15.3. The highest BCUT2D eigenvalue weighted by molar-refractivity contribution is 5.94. The number of aromatic carboxylic acids is 1. The lowest BCUT2D eigenvalue weighted by atomic mass is 10.1. The van der Waals surface area contributed by atoms with Gasteiger partial charge in [-0.15, -0.1) is 0 Å². The third kappa shape index (κ3) is 3.96. The zero-order valence-electron chi connectivity index (χ0n) is 15.3. The molecule has 1 atom stereocenters. The summed E-state index contributed by atoms with van der Waals surface area (Å²) in [5, 5.41) is 29.2. The number of carbonyl (C=O) groups is 1. The number of anilines is 2. The molecule has 6 N–H and O–H groups in total. The van der Waals surface area contributed by atoms with Crippen LogP contribution < -0.4 is 16.4 Å². The summed E-state index contributed by atoms with van der Waals surface area (Å²) in [7, 11) is 0. The Bertz CT molecular complexity index is 1070. The second kappa shape index (κ2) is 7.26. The van der Waals surface area contributed by atoms with Gasteiger partial charge in [0.25, 0.3) is 0 Å². The molecule has 4 rings (SSSR count). The van der Waals surface area contributed by atoms with Crippen LogP contribution in [0.5, 0.6) is 0 Å². The first-order valence-electron chi connectivity index (χ1n) is 9.02. The molecule has 11 heteroatoms. The van der Waals surface area contributed by atoms with Gasteiger partial charge in [-0.1, -0.05) is 0 Å². The molecule has 0 aromatic carbocycles. The van der Waals surface area contributed by atoms with Crippen LogP contribution in [-0.2, 0) is 0 Å². The van der Waals surface area contributed by atoms with Crippen molar-refractivity contribution >= 4 is 23.3 Å². The Morgan fingerprint density at radius 3 is 2.90 bits per heavy atom. The van der Waals surface area contributed by atoms with E-state index < -0.39 is 17.8 Å². The topological polar surface area (TPSA) is 151 Å². The molecule has 1 saturated carbocycles. The number of carboxylic acids is 1. The lowest BCUT2D eigenvalue weighted by Gasteiger charge is -2.21. The van der Waals surface area contributed by atoms with Gasteiger partial charge in [-0.2, -0.15) is 5.10 Å². The normalized spacial score (nSPS) is 15.8. The molecule has 1 fully saturated rings. The molecule has 3 heterocycles. The molecule has 1 aliphatic rings. The summed E-state index contributed by atoms with van der Waals surface area (Å²) in [6, 6.07) is 2.12. The number of rotatable bonds is 8. The van der Waals surface area contributed by atoms with E-state index in [4.69, 9.17) is 5.73 Å². The van der Waals surface area contributed by atoms with Crippen LogP contribution in [0.2, 0.25) is 0 Å². The van der Waals surface area contributed by atoms with Crippen LogP contribution in [0.3, 0.4) is 0 Å². The van der Waals surface area contributed by atoms with Gasteiger partial charge in [0.15, 0.2) is 5.65 Å². The summed E-state index contributed by atoms with van der Waals surface area (Å²) in [6.45, 7) is 0.115. The molecule has 0 spiro atoms. The number of pyridine rings is 1. The van der Waals surface area contributed by atoms with Crippen molar-refractivity contribution in [3.05, 3.63) is 47.7 Å². The quantitative estimate of drug-likeness (QED) is 0.372. The molecular formula is C18H20FN7O3. The van der Waals surface area contributed by atoms with E-state index in [1.807, 2.05) is 0 Å². The Morgan fingerprint density at radius 2 is 2.21 bits per heavy atom. The van der Waals surface area contributed by atoms with Gasteiger partial charge in [-0.25, -0.2) is 23.7 Å². The average molecular weight is 401 g/mol. The van der Waals surface area contributed by atoms with E-state index in [0.717, 1.165) is 19.0 Å². The highest BCUT2D eigenvalue weighted by Gasteiger charge is 2.38. The molecule has 0 radical (unpaired) electrons. The van der Waals surface area contributed by atoms with Crippen molar-refractivity contribution in [3.63, 3.8) is 0 Å². The number of hydrogen-bond donors (Lipinski definition) is 5. The lowest BCUT2D eigenvalue weighted by molar-refractivity contribution is 0.0698. The second-order valence-corrected chi connectivity index (χ2v) is 7.13. The number of fused-ring (bicyclic) bond motifs is 1. The van der Waals surface area contributed by atoms with Crippen molar-refractivity contribution in [2.75, 3.05) is 23.8 Å². The number of aliphatic hydroxyl groups is 1. The number of nitrogens with zero attached hydrogens (tertiary/aromatic N) is 4. The van der Waals surface area contributed by atoms with E-state index in [2.05, 4.69) is 25.7 Å². The standard InChI is InChI=1S/C18H20FN7O3/c19-10-5-11(15(21-6-10)22-9-18(20)2-3-18)13(8-27)24-14-1-4-26-16(25-14)12(7-23-26)17(28)29/h1,4-7,13,27H,2-3,8-9,20H2,(H,21,22)(H,24,25)(H,28,29). The van der Waals surface area contributed by atoms with Gasteiger partial charge in [-0.05, 0) is 25.0 Å². The SMILES string of the molecule is NC1(CNc2ncc(F)cc2C(CO)Nc2ccn3ncc(C(=O)O)c3n2)CC1. The minimum Gasteiger partial charge on any atom is -0.477 e. The van der Waals surface area contributed by atoms with Gasteiger partial charge in [0, 0.05) is 23.8 Å². The Morgan fingerprint density at radius 1 is 1.41 bits per heavy atom. The Kier molecular flexibility index (Phi) is 4.76. The molecule has 1 aliphatic carbocycles. The predicted molar refractivity (Wildman–Crippen MR) is 102 cm³/mol. The third-order valence-electron chi connectivity index (χ3n) is 4.86. The first-order chi connectivity index (χ1) is 13.9. The first-order valence-corrected chi connectivity index (χ1v) is 9.02. The fourth-order valence-corrected chi connectivity index (χ4v) is 2.97. The molecule has 0 saturated heterocycles. The molecule has 0 aliphatic heterocycles. The molecule has 10 nitrogen and oxygen atoms in total. The lowest BCUT2D eigenvalue weighted by Crippen LogP contribution is -2.32. The summed E-state index contributed by atoms with van der Waals surface area (Å²) in [4.78, 5) is 19.7. The molecule has 0 amide bonds. The first kappa shape index (κ1) is 19.0. The van der Waals surface area contributed by atoms with E-state index in [1.165, 1.54) is 16.8 Å². The number of aliphatic hydroxyl groups excluding tert-OH is 1. The summed E-state index contributed by atoms with van der Waals surface area (Å²) >= 11 is 0. The Balaban J connectivity index is 1.62.